The van der Waals surface area contributed by atoms with Crippen molar-refractivity contribution < 1.29 is 18.4 Å². The summed E-state index contributed by atoms with van der Waals surface area (Å²) in [5.74, 6) is 3.07. The lowest BCUT2D eigenvalue weighted by atomic mass is 10.0. The number of rotatable bonds is 6. The zero-order valence-corrected chi connectivity index (χ0v) is 19.7. The molecule has 1 aromatic carbocycles. The van der Waals surface area contributed by atoms with Crippen molar-refractivity contribution in [2.24, 2.45) is 5.10 Å². The second kappa shape index (κ2) is 9.80. The fourth-order valence-corrected chi connectivity index (χ4v) is 5.18. The van der Waals surface area contributed by atoms with Crippen LogP contribution in [0.2, 0.25) is 0 Å². The highest BCUT2D eigenvalue weighted by Crippen LogP contribution is 2.33. The summed E-state index contributed by atoms with van der Waals surface area (Å²) < 4.78 is 11.1. The standard InChI is InChI=1S/C25H26N4O4S/c1-17-18(25(31)28-9-13-34-14-10-28)5-2-6-19(17)26-16-24(30)29-21(23-8-4-12-33-23)15-20(27-29)22-7-3-11-32-22/h2-8,11-12,21,26H,9-10,13-16H2,1H3. The summed E-state index contributed by atoms with van der Waals surface area (Å²) in [6.07, 6.45) is 3.68. The number of nitrogens with one attached hydrogen (secondary N) is 1. The molecule has 1 atom stereocenters. The minimum atomic E-state index is -0.338. The number of benzene rings is 1. The van der Waals surface area contributed by atoms with Crippen molar-refractivity contribution in [2.45, 2.75) is 19.4 Å². The number of amides is 2. The number of anilines is 1. The first-order valence-electron chi connectivity index (χ1n) is 11.3. The summed E-state index contributed by atoms with van der Waals surface area (Å²) in [6.45, 7) is 3.47. The minimum Gasteiger partial charge on any atom is -0.467 e. The van der Waals surface area contributed by atoms with E-state index in [4.69, 9.17) is 8.83 Å². The fraction of sp³-hybridized carbons (Fsp3) is 0.320. The van der Waals surface area contributed by atoms with Gasteiger partial charge in [0.2, 0.25) is 0 Å². The molecule has 3 aromatic rings. The molecular formula is C25H26N4O4S. The Morgan fingerprint density at radius 2 is 1.88 bits per heavy atom. The largest absolute Gasteiger partial charge is 0.467 e. The van der Waals surface area contributed by atoms with E-state index in [0.717, 1.165) is 35.8 Å². The van der Waals surface area contributed by atoms with Gasteiger partial charge in [-0.1, -0.05) is 6.07 Å². The maximum Gasteiger partial charge on any atom is 0.262 e. The van der Waals surface area contributed by atoms with Crippen LogP contribution in [0.15, 0.2) is 68.9 Å². The van der Waals surface area contributed by atoms with E-state index in [1.165, 1.54) is 5.01 Å². The summed E-state index contributed by atoms with van der Waals surface area (Å²) in [6, 6.07) is 12.5. The lowest BCUT2D eigenvalue weighted by Crippen LogP contribution is -2.38. The van der Waals surface area contributed by atoms with E-state index in [1.54, 1.807) is 24.7 Å². The van der Waals surface area contributed by atoms with Gasteiger partial charge in [-0.05, 0) is 48.9 Å². The highest BCUT2D eigenvalue weighted by molar-refractivity contribution is 7.99. The van der Waals surface area contributed by atoms with Crippen LogP contribution in [-0.4, -0.2) is 58.6 Å². The molecule has 1 saturated heterocycles. The van der Waals surface area contributed by atoms with Crippen LogP contribution in [0.5, 0.6) is 0 Å². The molecule has 176 valence electrons. The van der Waals surface area contributed by atoms with Crippen LogP contribution >= 0.6 is 11.8 Å². The highest BCUT2D eigenvalue weighted by Gasteiger charge is 2.35. The third-order valence-corrected chi connectivity index (χ3v) is 7.08. The van der Waals surface area contributed by atoms with Gasteiger partial charge in [0.1, 0.15) is 23.3 Å². The van der Waals surface area contributed by atoms with Crippen molar-refractivity contribution in [3.8, 4) is 0 Å². The molecule has 2 amide bonds. The zero-order chi connectivity index (χ0) is 23.5. The Morgan fingerprint density at radius 1 is 1.09 bits per heavy atom. The number of hydrazone groups is 1. The van der Waals surface area contributed by atoms with E-state index < -0.39 is 0 Å². The quantitative estimate of drug-likeness (QED) is 0.572. The van der Waals surface area contributed by atoms with E-state index in [9.17, 15) is 9.59 Å². The van der Waals surface area contributed by atoms with Crippen LogP contribution in [-0.2, 0) is 4.79 Å². The van der Waals surface area contributed by atoms with E-state index in [2.05, 4.69) is 10.4 Å². The van der Waals surface area contributed by atoms with Crippen molar-refractivity contribution >= 4 is 35.0 Å². The number of nitrogens with zero attached hydrogens (tertiary/aromatic N) is 3. The summed E-state index contributed by atoms with van der Waals surface area (Å²) >= 11 is 1.87. The van der Waals surface area contributed by atoms with Crippen LogP contribution < -0.4 is 5.32 Å². The molecule has 1 unspecified atom stereocenters. The monoisotopic (exact) mass is 478 g/mol. The van der Waals surface area contributed by atoms with Gasteiger partial charge in [-0.25, -0.2) is 5.01 Å². The summed E-state index contributed by atoms with van der Waals surface area (Å²) in [5, 5.41) is 9.23. The smallest absolute Gasteiger partial charge is 0.262 e. The topological polar surface area (TPSA) is 91.3 Å². The van der Waals surface area contributed by atoms with Crippen LogP contribution in [0, 0.1) is 6.92 Å². The first-order chi connectivity index (χ1) is 16.6. The minimum absolute atomic E-state index is 0.0327. The molecule has 5 rings (SSSR count). The van der Waals surface area contributed by atoms with E-state index in [0.29, 0.717) is 29.2 Å². The van der Waals surface area contributed by atoms with Crippen molar-refractivity contribution in [1.29, 1.82) is 0 Å². The van der Waals surface area contributed by atoms with Crippen molar-refractivity contribution in [2.75, 3.05) is 36.5 Å². The molecule has 9 heteroatoms. The molecule has 2 aliphatic heterocycles. The number of furan rings is 2. The van der Waals surface area contributed by atoms with Gasteiger partial charge in [0.25, 0.3) is 11.8 Å². The Morgan fingerprint density at radius 3 is 2.62 bits per heavy atom. The zero-order valence-electron chi connectivity index (χ0n) is 18.9. The molecule has 8 nitrogen and oxygen atoms in total. The van der Waals surface area contributed by atoms with Gasteiger partial charge in [-0.3, -0.25) is 9.59 Å². The Labute approximate surface area is 202 Å². The lowest BCUT2D eigenvalue weighted by Gasteiger charge is -2.27. The van der Waals surface area contributed by atoms with Gasteiger partial charge >= 0.3 is 0 Å². The van der Waals surface area contributed by atoms with Gasteiger partial charge < -0.3 is 19.1 Å². The van der Waals surface area contributed by atoms with Gasteiger partial charge in [0.05, 0.1) is 19.1 Å². The molecule has 0 aliphatic carbocycles. The molecular weight excluding hydrogens is 452 g/mol. The van der Waals surface area contributed by atoms with Crippen molar-refractivity contribution in [3.63, 3.8) is 0 Å². The predicted molar refractivity (Wildman–Crippen MR) is 131 cm³/mol. The SMILES string of the molecule is Cc1c(NCC(=O)N2N=C(c3ccco3)CC2c2ccco2)cccc1C(=O)N1CCSCC1. The van der Waals surface area contributed by atoms with Gasteiger partial charge in [0.15, 0.2) is 0 Å². The third-order valence-electron chi connectivity index (χ3n) is 6.14. The van der Waals surface area contributed by atoms with Gasteiger partial charge in [0, 0.05) is 42.3 Å². The third kappa shape index (κ3) is 4.48. The second-order valence-electron chi connectivity index (χ2n) is 8.23. The molecule has 2 aromatic heterocycles. The highest BCUT2D eigenvalue weighted by atomic mass is 32.2. The van der Waals surface area contributed by atoms with E-state index in [1.807, 2.05) is 53.9 Å². The Bertz CT molecular complexity index is 1180. The van der Waals surface area contributed by atoms with Crippen molar-refractivity contribution in [3.05, 3.63) is 77.6 Å². The summed E-state index contributed by atoms with van der Waals surface area (Å²) in [7, 11) is 0. The summed E-state index contributed by atoms with van der Waals surface area (Å²) in [4.78, 5) is 28.1. The molecule has 2 aliphatic rings. The first-order valence-corrected chi connectivity index (χ1v) is 12.4. The molecule has 0 bridgehead atoms. The molecule has 34 heavy (non-hydrogen) atoms. The second-order valence-corrected chi connectivity index (χ2v) is 9.46. The molecule has 1 fully saturated rings. The van der Waals surface area contributed by atoms with Crippen LogP contribution in [0.4, 0.5) is 5.69 Å². The van der Waals surface area contributed by atoms with Crippen LogP contribution in [0.3, 0.4) is 0 Å². The molecule has 1 N–H and O–H groups in total. The molecule has 0 saturated carbocycles. The molecule has 0 radical (unpaired) electrons. The van der Waals surface area contributed by atoms with Crippen molar-refractivity contribution in [1.82, 2.24) is 9.91 Å². The van der Waals surface area contributed by atoms with Gasteiger partial charge in [-0.2, -0.15) is 16.9 Å². The molecule has 0 spiro atoms. The number of carbonyl (C=O) groups is 2. The number of hydrogen-bond acceptors (Lipinski definition) is 7. The Balaban J connectivity index is 1.31. The van der Waals surface area contributed by atoms with Gasteiger partial charge in [-0.15, -0.1) is 0 Å². The average Bonchev–Trinajstić information content (AvgIpc) is 3.64. The van der Waals surface area contributed by atoms with Crippen LogP contribution in [0.25, 0.3) is 0 Å². The van der Waals surface area contributed by atoms with E-state index in [-0.39, 0.29) is 24.4 Å². The average molecular weight is 479 g/mol. The van der Waals surface area contributed by atoms with E-state index >= 15 is 0 Å². The first kappa shape index (κ1) is 22.3. The number of thioether (sulfide) groups is 1. The molecule has 4 heterocycles. The number of hydrogen-bond donors (Lipinski definition) is 1. The predicted octanol–water partition coefficient (Wildman–Crippen LogP) is 4.16. The normalized spacial score (nSPS) is 18.1. The Hall–Kier alpha value is -3.46. The maximum absolute atomic E-state index is 13.2. The number of carbonyl (C=O) groups excluding carboxylic acids is 2. The van der Waals surface area contributed by atoms with Crippen LogP contribution in [0.1, 0.15) is 39.9 Å². The Kier molecular flexibility index (Phi) is 6.44. The summed E-state index contributed by atoms with van der Waals surface area (Å²) in [5.41, 5.74) is 2.96. The fourth-order valence-electron chi connectivity index (χ4n) is 4.28. The lowest BCUT2D eigenvalue weighted by molar-refractivity contribution is -0.131. The maximum atomic E-state index is 13.2.